The molecule has 124 valence electrons. The van der Waals surface area contributed by atoms with E-state index in [9.17, 15) is 24.8 Å². The lowest BCUT2D eigenvalue weighted by Gasteiger charge is -2.33. The third-order valence-corrected chi connectivity index (χ3v) is 5.02. The van der Waals surface area contributed by atoms with Gasteiger partial charge in [-0.25, -0.2) is 4.79 Å². The molecule has 1 amide bonds. The van der Waals surface area contributed by atoms with E-state index in [0.29, 0.717) is 36.3 Å². The zero-order valence-corrected chi connectivity index (χ0v) is 13.5. The number of carbonyl (C=O) groups is 2. The molecular formula is C15H18N2O5S. The lowest BCUT2D eigenvalue weighted by Crippen LogP contribution is -2.56. The van der Waals surface area contributed by atoms with Crippen LogP contribution in [0.4, 0.5) is 5.69 Å². The first-order chi connectivity index (χ1) is 10.9. The number of amides is 1. The first-order valence-electron chi connectivity index (χ1n) is 7.30. The van der Waals surface area contributed by atoms with Crippen molar-refractivity contribution in [2.75, 3.05) is 11.5 Å². The highest BCUT2D eigenvalue weighted by Gasteiger charge is 2.41. The standard InChI is InChI=1S/C15H18N2O5S/c1-2-10-3-4-11(9-12(10)17(21)22)13(18)16-15(14(19)20)5-7-23-8-6-15/h3-4,9H,2,5-8H2,1H3,(H,16,18)(H,19,20). The molecule has 1 aromatic carbocycles. The quantitative estimate of drug-likeness (QED) is 0.629. The number of benzene rings is 1. The van der Waals surface area contributed by atoms with Gasteiger partial charge in [-0.1, -0.05) is 13.0 Å². The van der Waals surface area contributed by atoms with Crippen LogP contribution in [0, 0.1) is 10.1 Å². The molecule has 1 aromatic rings. The highest BCUT2D eigenvalue weighted by atomic mass is 32.2. The van der Waals surface area contributed by atoms with Gasteiger partial charge in [0.2, 0.25) is 0 Å². The lowest BCUT2D eigenvalue weighted by molar-refractivity contribution is -0.385. The van der Waals surface area contributed by atoms with Gasteiger partial charge in [0, 0.05) is 17.2 Å². The largest absolute Gasteiger partial charge is 0.480 e. The minimum absolute atomic E-state index is 0.104. The predicted molar refractivity (Wildman–Crippen MR) is 86.9 cm³/mol. The smallest absolute Gasteiger partial charge is 0.329 e. The van der Waals surface area contributed by atoms with E-state index in [-0.39, 0.29) is 11.3 Å². The molecule has 7 nitrogen and oxygen atoms in total. The molecule has 0 atom stereocenters. The van der Waals surface area contributed by atoms with Gasteiger partial charge in [-0.05, 0) is 36.8 Å². The van der Waals surface area contributed by atoms with Crippen molar-refractivity contribution >= 4 is 29.3 Å². The predicted octanol–water partition coefficient (Wildman–Crippen LogP) is 2.24. The minimum Gasteiger partial charge on any atom is -0.480 e. The number of rotatable bonds is 5. The van der Waals surface area contributed by atoms with Gasteiger partial charge in [0.1, 0.15) is 5.54 Å². The van der Waals surface area contributed by atoms with E-state index in [4.69, 9.17) is 0 Å². The van der Waals surface area contributed by atoms with E-state index in [2.05, 4.69) is 5.32 Å². The summed E-state index contributed by atoms with van der Waals surface area (Å²) in [5.74, 6) is -0.348. The van der Waals surface area contributed by atoms with E-state index >= 15 is 0 Å². The lowest BCUT2D eigenvalue weighted by atomic mass is 9.91. The SMILES string of the molecule is CCc1ccc(C(=O)NC2(C(=O)O)CCSCC2)cc1[N+](=O)[O-]. The molecule has 2 N–H and O–H groups in total. The van der Waals surface area contributed by atoms with Crippen molar-refractivity contribution in [1.29, 1.82) is 0 Å². The van der Waals surface area contributed by atoms with Gasteiger partial charge in [0.15, 0.2) is 0 Å². The number of thioether (sulfide) groups is 1. The Hall–Kier alpha value is -2.09. The average Bonchev–Trinajstić information content (AvgIpc) is 2.54. The number of nitro benzene ring substituents is 1. The van der Waals surface area contributed by atoms with Crippen molar-refractivity contribution < 1.29 is 19.6 Å². The van der Waals surface area contributed by atoms with Crippen LogP contribution in [0.3, 0.4) is 0 Å². The average molecular weight is 338 g/mol. The van der Waals surface area contributed by atoms with E-state index in [1.807, 2.05) is 0 Å². The maximum absolute atomic E-state index is 12.4. The van der Waals surface area contributed by atoms with Crippen LogP contribution < -0.4 is 5.32 Å². The van der Waals surface area contributed by atoms with Crippen LogP contribution in [0.1, 0.15) is 35.7 Å². The molecule has 0 unspecified atom stereocenters. The Balaban J connectivity index is 2.27. The molecule has 0 spiro atoms. The van der Waals surface area contributed by atoms with E-state index < -0.39 is 22.3 Å². The highest BCUT2D eigenvalue weighted by Crippen LogP contribution is 2.28. The van der Waals surface area contributed by atoms with Crippen LogP contribution in [-0.2, 0) is 11.2 Å². The molecule has 0 bridgehead atoms. The molecule has 1 aliphatic heterocycles. The molecule has 2 rings (SSSR count). The van der Waals surface area contributed by atoms with Gasteiger partial charge in [0.05, 0.1) is 4.92 Å². The Morgan fingerprint density at radius 2 is 2.04 bits per heavy atom. The highest BCUT2D eigenvalue weighted by molar-refractivity contribution is 7.99. The van der Waals surface area contributed by atoms with E-state index in [1.165, 1.54) is 18.2 Å². The summed E-state index contributed by atoms with van der Waals surface area (Å²) in [5.41, 5.74) is -0.773. The number of nitrogens with one attached hydrogen (secondary N) is 1. The van der Waals surface area contributed by atoms with Crippen molar-refractivity contribution in [3.63, 3.8) is 0 Å². The summed E-state index contributed by atoms with van der Waals surface area (Å²) in [6.45, 7) is 1.79. The van der Waals surface area contributed by atoms with E-state index in [1.54, 1.807) is 18.7 Å². The Morgan fingerprint density at radius 3 is 2.57 bits per heavy atom. The molecule has 1 saturated heterocycles. The van der Waals surface area contributed by atoms with Gasteiger partial charge in [-0.15, -0.1) is 0 Å². The molecule has 23 heavy (non-hydrogen) atoms. The van der Waals surface area contributed by atoms with Gasteiger partial charge >= 0.3 is 5.97 Å². The third-order valence-electron chi connectivity index (χ3n) is 4.03. The van der Waals surface area contributed by atoms with Crippen LogP contribution in [-0.4, -0.2) is 39.0 Å². The third kappa shape index (κ3) is 3.64. The number of carbonyl (C=O) groups excluding carboxylic acids is 1. The fourth-order valence-electron chi connectivity index (χ4n) is 2.58. The maximum atomic E-state index is 12.4. The summed E-state index contributed by atoms with van der Waals surface area (Å²) in [6, 6.07) is 4.24. The van der Waals surface area contributed by atoms with Gasteiger partial charge in [-0.3, -0.25) is 14.9 Å². The number of nitro groups is 1. The normalized spacial score (nSPS) is 16.6. The number of aryl methyl sites for hydroxylation is 1. The number of hydrogen-bond donors (Lipinski definition) is 2. The van der Waals surface area contributed by atoms with Gasteiger partial charge in [0.25, 0.3) is 11.6 Å². The molecule has 1 aliphatic rings. The summed E-state index contributed by atoms with van der Waals surface area (Å²) < 4.78 is 0. The Morgan fingerprint density at radius 1 is 1.39 bits per heavy atom. The molecule has 0 saturated carbocycles. The molecule has 1 fully saturated rings. The summed E-state index contributed by atoms with van der Waals surface area (Å²) >= 11 is 1.64. The van der Waals surface area contributed by atoms with Gasteiger partial charge in [-0.2, -0.15) is 11.8 Å². The fraction of sp³-hybridized carbons (Fsp3) is 0.467. The van der Waals surface area contributed by atoms with Crippen molar-refractivity contribution in [2.24, 2.45) is 0 Å². The molecule has 1 heterocycles. The van der Waals surface area contributed by atoms with Crippen LogP contribution in [0.5, 0.6) is 0 Å². The summed E-state index contributed by atoms with van der Waals surface area (Å²) in [7, 11) is 0. The summed E-state index contributed by atoms with van der Waals surface area (Å²) in [5, 5.41) is 23.1. The van der Waals surface area contributed by atoms with Crippen molar-refractivity contribution in [1.82, 2.24) is 5.32 Å². The molecule has 8 heteroatoms. The second-order valence-corrected chi connectivity index (χ2v) is 6.63. The van der Waals surface area contributed by atoms with Crippen molar-refractivity contribution in [2.45, 2.75) is 31.7 Å². The summed E-state index contributed by atoms with van der Waals surface area (Å²) in [6.07, 6.45) is 1.16. The van der Waals surface area contributed by atoms with Gasteiger partial charge < -0.3 is 10.4 Å². The fourth-order valence-corrected chi connectivity index (χ4v) is 3.77. The first-order valence-corrected chi connectivity index (χ1v) is 8.46. The monoisotopic (exact) mass is 338 g/mol. The maximum Gasteiger partial charge on any atom is 0.329 e. The zero-order valence-electron chi connectivity index (χ0n) is 12.7. The number of aliphatic carboxylic acids is 1. The number of carboxylic acids is 1. The molecule has 0 aliphatic carbocycles. The minimum atomic E-state index is -1.29. The first kappa shape index (κ1) is 17.3. The second kappa shape index (κ2) is 6.99. The molecule has 0 radical (unpaired) electrons. The van der Waals surface area contributed by atoms with Crippen LogP contribution in [0.2, 0.25) is 0 Å². The zero-order chi connectivity index (χ0) is 17.0. The Labute approximate surface area is 137 Å². The van der Waals surface area contributed by atoms with Crippen molar-refractivity contribution in [3.8, 4) is 0 Å². The number of carboxylic acid groups (broad SMARTS) is 1. The summed E-state index contributed by atoms with van der Waals surface area (Å²) in [4.78, 5) is 34.5. The Kier molecular flexibility index (Phi) is 5.25. The van der Waals surface area contributed by atoms with Crippen molar-refractivity contribution in [3.05, 3.63) is 39.4 Å². The topological polar surface area (TPSA) is 110 Å². The van der Waals surface area contributed by atoms with Crippen LogP contribution >= 0.6 is 11.8 Å². The Bertz CT molecular complexity index is 641. The van der Waals surface area contributed by atoms with Crippen LogP contribution in [0.15, 0.2) is 18.2 Å². The van der Waals surface area contributed by atoms with Crippen LogP contribution in [0.25, 0.3) is 0 Å². The molecule has 0 aromatic heterocycles. The number of nitrogens with zero attached hydrogens (tertiary/aromatic N) is 1. The second-order valence-electron chi connectivity index (χ2n) is 5.41. The van der Waals surface area contributed by atoms with E-state index in [0.717, 1.165) is 0 Å². The number of hydrogen-bond acceptors (Lipinski definition) is 5. The molecular weight excluding hydrogens is 320 g/mol.